The fourth-order valence-electron chi connectivity index (χ4n) is 3.31. The minimum atomic E-state index is -0.500. The topological polar surface area (TPSA) is 122 Å². The number of hydrogen-bond donors (Lipinski definition) is 1. The third-order valence-electron chi connectivity index (χ3n) is 4.83. The van der Waals surface area contributed by atoms with Gasteiger partial charge in [0.15, 0.2) is 6.61 Å². The van der Waals surface area contributed by atoms with Crippen molar-refractivity contribution in [2.45, 2.75) is 13.8 Å². The quantitative estimate of drug-likeness (QED) is 0.677. The van der Waals surface area contributed by atoms with Gasteiger partial charge in [-0.05, 0) is 54.8 Å². The van der Waals surface area contributed by atoms with Gasteiger partial charge in [0.2, 0.25) is 0 Å². The lowest BCUT2D eigenvalue weighted by atomic mass is 9.95. The van der Waals surface area contributed by atoms with E-state index in [2.05, 4.69) is 37.8 Å². The molecule has 8 heteroatoms. The highest BCUT2D eigenvalue weighted by Gasteiger charge is 2.29. The molecule has 2 aromatic rings. The SMILES string of the molecule is COC(=O)COc1ccc(Br)cc1/C=C1\C(C)=C(C#N)c2nc(N)c(C#N)c(C)c21. The van der Waals surface area contributed by atoms with E-state index in [9.17, 15) is 15.3 Å². The average Bonchev–Trinajstić information content (AvgIpc) is 2.98. The van der Waals surface area contributed by atoms with Crippen molar-refractivity contribution < 1.29 is 14.3 Å². The number of nitriles is 2. The summed E-state index contributed by atoms with van der Waals surface area (Å²) in [6, 6.07) is 9.63. The molecular weight excluding hydrogens is 448 g/mol. The van der Waals surface area contributed by atoms with Gasteiger partial charge < -0.3 is 15.2 Å². The summed E-state index contributed by atoms with van der Waals surface area (Å²) in [5, 5.41) is 19.2. The number of carbonyl (C=O) groups is 1. The van der Waals surface area contributed by atoms with Crippen LogP contribution in [0.15, 0.2) is 28.2 Å². The second-order valence-corrected chi connectivity index (χ2v) is 7.46. The number of nitrogens with two attached hydrogens (primary N) is 1. The van der Waals surface area contributed by atoms with Gasteiger partial charge in [-0.25, -0.2) is 9.78 Å². The first-order chi connectivity index (χ1) is 14.3. The Labute approximate surface area is 182 Å². The third-order valence-corrected chi connectivity index (χ3v) is 5.32. The summed E-state index contributed by atoms with van der Waals surface area (Å²) >= 11 is 3.45. The summed E-state index contributed by atoms with van der Waals surface area (Å²) in [5.74, 6) is 0.0669. The average molecular weight is 465 g/mol. The minimum absolute atomic E-state index is 0.0973. The molecule has 1 aromatic carbocycles. The first-order valence-electron chi connectivity index (χ1n) is 8.85. The highest BCUT2D eigenvalue weighted by Crippen LogP contribution is 2.44. The molecule has 0 amide bonds. The van der Waals surface area contributed by atoms with E-state index < -0.39 is 5.97 Å². The summed E-state index contributed by atoms with van der Waals surface area (Å²) in [6.45, 7) is 3.37. The molecule has 0 aliphatic heterocycles. The van der Waals surface area contributed by atoms with Gasteiger partial charge in [0.25, 0.3) is 0 Å². The van der Waals surface area contributed by atoms with Crippen LogP contribution in [0.1, 0.15) is 34.9 Å². The van der Waals surface area contributed by atoms with E-state index in [4.69, 9.17) is 10.5 Å². The molecule has 1 aliphatic rings. The zero-order valence-electron chi connectivity index (χ0n) is 16.5. The fraction of sp³-hybridized carbons (Fsp3) is 0.182. The van der Waals surface area contributed by atoms with Gasteiger partial charge in [0.05, 0.1) is 23.9 Å². The van der Waals surface area contributed by atoms with Crippen LogP contribution in [0.5, 0.6) is 5.75 Å². The van der Waals surface area contributed by atoms with Crippen molar-refractivity contribution in [1.29, 1.82) is 10.5 Å². The van der Waals surface area contributed by atoms with Crippen molar-refractivity contribution in [3.63, 3.8) is 0 Å². The maximum Gasteiger partial charge on any atom is 0.343 e. The summed E-state index contributed by atoms with van der Waals surface area (Å²) in [7, 11) is 1.29. The Morgan fingerprint density at radius 1 is 1.30 bits per heavy atom. The molecule has 0 atom stereocenters. The molecule has 0 spiro atoms. The van der Waals surface area contributed by atoms with Crippen LogP contribution in [-0.4, -0.2) is 24.7 Å². The molecule has 2 N–H and O–H groups in total. The van der Waals surface area contributed by atoms with Crippen molar-refractivity contribution in [3.8, 4) is 17.9 Å². The first-order valence-corrected chi connectivity index (χ1v) is 9.64. The van der Waals surface area contributed by atoms with Crippen LogP contribution in [-0.2, 0) is 9.53 Å². The Kier molecular flexibility index (Phi) is 5.91. The number of anilines is 1. The van der Waals surface area contributed by atoms with Crippen LogP contribution in [0.2, 0.25) is 0 Å². The first kappa shape index (κ1) is 21.1. The number of aromatic nitrogens is 1. The molecule has 0 radical (unpaired) electrons. The van der Waals surface area contributed by atoms with Crippen LogP contribution in [0.4, 0.5) is 5.82 Å². The Hall–Kier alpha value is -3.62. The molecule has 0 saturated heterocycles. The molecule has 0 unspecified atom stereocenters. The lowest BCUT2D eigenvalue weighted by Crippen LogP contribution is -2.13. The number of allylic oxidation sites excluding steroid dienone is 3. The van der Waals surface area contributed by atoms with Crippen LogP contribution in [0, 0.1) is 29.6 Å². The van der Waals surface area contributed by atoms with E-state index in [1.165, 1.54) is 7.11 Å². The number of halogens is 1. The molecule has 150 valence electrons. The standard InChI is InChI=1S/C22H17BrN4O3/c1-11-15(7-13-6-14(23)4-5-18(13)30-10-19(28)29-3)20-12(2)17(9-25)22(26)27-21(20)16(11)8-24/h4-7H,10H2,1-3H3,(H2,26,27)/b15-7+. The predicted octanol–water partition coefficient (Wildman–Crippen LogP) is 4.01. The normalized spacial score (nSPS) is 13.6. The van der Waals surface area contributed by atoms with Gasteiger partial charge in [-0.15, -0.1) is 0 Å². The molecule has 3 rings (SSSR count). The molecule has 1 aromatic heterocycles. The van der Waals surface area contributed by atoms with Crippen LogP contribution in [0.25, 0.3) is 17.2 Å². The summed E-state index contributed by atoms with van der Waals surface area (Å²) < 4.78 is 11.1. The molecule has 0 fully saturated rings. The van der Waals surface area contributed by atoms with Crippen LogP contribution >= 0.6 is 15.9 Å². The number of methoxy groups -OCH3 is 1. The smallest absolute Gasteiger partial charge is 0.343 e. The Bertz CT molecular complexity index is 1220. The van der Waals surface area contributed by atoms with Crippen LogP contribution < -0.4 is 10.5 Å². The van der Waals surface area contributed by atoms with Crippen molar-refractivity contribution in [2.75, 3.05) is 19.5 Å². The fourth-order valence-corrected chi connectivity index (χ4v) is 3.69. The summed E-state index contributed by atoms with van der Waals surface area (Å²) in [4.78, 5) is 15.8. The molecule has 1 aliphatic carbocycles. The highest BCUT2D eigenvalue weighted by atomic mass is 79.9. The molecule has 1 heterocycles. The molecular formula is C22H17BrN4O3. The van der Waals surface area contributed by atoms with E-state index >= 15 is 0 Å². The lowest BCUT2D eigenvalue weighted by Gasteiger charge is -2.13. The molecule has 7 nitrogen and oxygen atoms in total. The van der Waals surface area contributed by atoms with Crippen molar-refractivity contribution >= 4 is 44.9 Å². The molecule has 0 bridgehead atoms. The van der Waals surface area contributed by atoms with Gasteiger partial charge in [0, 0.05) is 15.6 Å². The van der Waals surface area contributed by atoms with E-state index in [1.807, 2.05) is 19.1 Å². The van der Waals surface area contributed by atoms with E-state index in [0.717, 1.165) is 15.6 Å². The number of nitrogens with zero attached hydrogens (tertiary/aromatic N) is 3. The van der Waals surface area contributed by atoms with E-state index in [-0.39, 0.29) is 18.0 Å². The second kappa shape index (κ2) is 8.40. The zero-order valence-corrected chi connectivity index (χ0v) is 18.1. The number of fused-ring (bicyclic) bond motifs is 1. The Balaban J connectivity index is 2.22. The monoisotopic (exact) mass is 464 g/mol. The lowest BCUT2D eigenvalue weighted by molar-refractivity contribution is -0.142. The highest BCUT2D eigenvalue weighted by molar-refractivity contribution is 9.10. The van der Waals surface area contributed by atoms with Gasteiger partial charge >= 0.3 is 5.97 Å². The largest absolute Gasteiger partial charge is 0.481 e. The molecule has 0 saturated carbocycles. The number of carbonyl (C=O) groups excluding carboxylic acids is 1. The van der Waals surface area contributed by atoms with E-state index in [1.54, 1.807) is 19.1 Å². The van der Waals surface area contributed by atoms with Gasteiger partial charge in [-0.2, -0.15) is 10.5 Å². The number of ether oxygens (including phenoxy) is 2. The number of benzene rings is 1. The number of rotatable bonds is 4. The van der Waals surface area contributed by atoms with Gasteiger partial charge in [-0.3, -0.25) is 0 Å². The maximum absolute atomic E-state index is 11.5. The zero-order chi connectivity index (χ0) is 22.0. The van der Waals surface area contributed by atoms with E-state index in [0.29, 0.717) is 33.7 Å². The Morgan fingerprint density at radius 3 is 2.67 bits per heavy atom. The predicted molar refractivity (Wildman–Crippen MR) is 116 cm³/mol. The minimum Gasteiger partial charge on any atom is -0.481 e. The third kappa shape index (κ3) is 3.66. The number of nitrogen functional groups attached to an aromatic ring is 1. The van der Waals surface area contributed by atoms with Gasteiger partial charge in [-0.1, -0.05) is 15.9 Å². The Morgan fingerprint density at radius 2 is 2.03 bits per heavy atom. The summed E-state index contributed by atoms with van der Waals surface area (Å²) in [6.07, 6.45) is 1.85. The van der Waals surface area contributed by atoms with Gasteiger partial charge in [0.1, 0.15) is 23.7 Å². The number of pyridine rings is 1. The van der Waals surface area contributed by atoms with Crippen molar-refractivity contribution in [1.82, 2.24) is 4.98 Å². The van der Waals surface area contributed by atoms with Crippen molar-refractivity contribution in [2.24, 2.45) is 0 Å². The summed E-state index contributed by atoms with van der Waals surface area (Å²) in [5.41, 5.74) is 10.6. The number of hydrogen-bond acceptors (Lipinski definition) is 7. The molecule has 30 heavy (non-hydrogen) atoms. The number of esters is 1. The maximum atomic E-state index is 11.5. The second-order valence-electron chi connectivity index (χ2n) is 6.55. The van der Waals surface area contributed by atoms with Crippen LogP contribution in [0.3, 0.4) is 0 Å². The van der Waals surface area contributed by atoms with Crippen molar-refractivity contribution in [3.05, 3.63) is 56.2 Å².